The third kappa shape index (κ3) is 2.85. The van der Waals surface area contributed by atoms with Gasteiger partial charge in [0.05, 0.1) is 18.0 Å². The summed E-state index contributed by atoms with van der Waals surface area (Å²) in [4.78, 5) is 27.2. The molecule has 2 aromatic rings. The van der Waals surface area contributed by atoms with Crippen molar-refractivity contribution in [2.75, 3.05) is 16.5 Å². The number of carbonyl (C=O) groups is 2. The summed E-state index contributed by atoms with van der Waals surface area (Å²) in [5.41, 5.74) is 3.26. The van der Waals surface area contributed by atoms with Crippen LogP contribution in [0.2, 0.25) is 0 Å². The molecule has 2 aliphatic heterocycles. The predicted octanol–water partition coefficient (Wildman–Crippen LogP) is 3.20. The number of imide groups is 1. The van der Waals surface area contributed by atoms with Gasteiger partial charge in [-0.25, -0.2) is 9.91 Å². The molecule has 2 aliphatic rings. The van der Waals surface area contributed by atoms with Crippen LogP contribution < -0.4 is 14.6 Å². The minimum Gasteiger partial charge on any atom is -0.494 e. The molecule has 1 fully saturated rings. The van der Waals surface area contributed by atoms with Gasteiger partial charge in [-0.3, -0.25) is 9.59 Å². The molecule has 4 rings (SSSR count). The molecule has 0 saturated carbocycles. The van der Waals surface area contributed by atoms with Crippen molar-refractivity contribution in [2.45, 2.75) is 32.9 Å². The monoisotopic (exact) mass is 364 g/mol. The molecule has 1 saturated heterocycles. The molecule has 138 valence electrons. The lowest BCUT2D eigenvalue weighted by Gasteiger charge is -2.21. The normalized spacial score (nSPS) is 21.1. The van der Waals surface area contributed by atoms with Gasteiger partial charge in [-0.15, -0.1) is 0 Å². The second kappa shape index (κ2) is 6.50. The first kappa shape index (κ1) is 17.2. The van der Waals surface area contributed by atoms with Crippen LogP contribution in [0.5, 0.6) is 5.75 Å². The lowest BCUT2D eigenvalue weighted by molar-refractivity contribution is -0.121. The minimum atomic E-state index is -0.815. The summed E-state index contributed by atoms with van der Waals surface area (Å²) in [6.45, 7) is 6.37. The zero-order valence-corrected chi connectivity index (χ0v) is 15.4. The van der Waals surface area contributed by atoms with Crippen molar-refractivity contribution in [2.24, 2.45) is 10.3 Å². The number of anilines is 2. The molecule has 0 bridgehead atoms. The average molecular weight is 364 g/mol. The Morgan fingerprint density at radius 3 is 2.26 bits per heavy atom. The van der Waals surface area contributed by atoms with Crippen molar-refractivity contribution >= 4 is 23.2 Å². The first-order chi connectivity index (χ1) is 13.0. The first-order valence-corrected chi connectivity index (χ1v) is 8.88. The van der Waals surface area contributed by atoms with Gasteiger partial charge in [-0.1, -0.05) is 11.3 Å². The predicted molar refractivity (Wildman–Crippen MR) is 101 cm³/mol. The Labute approximate surface area is 157 Å². The van der Waals surface area contributed by atoms with Crippen molar-refractivity contribution in [1.29, 1.82) is 0 Å². The molecule has 2 unspecified atom stereocenters. The van der Waals surface area contributed by atoms with E-state index in [4.69, 9.17) is 4.74 Å². The lowest BCUT2D eigenvalue weighted by Crippen LogP contribution is -2.39. The van der Waals surface area contributed by atoms with Crippen LogP contribution in [0.3, 0.4) is 0 Å². The maximum Gasteiger partial charge on any atom is 0.263 e. The van der Waals surface area contributed by atoms with Gasteiger partial charge in [-0.2, -0.15) is 5.11 Å². The van der Waals surface area contributed by atoms with E-state index >= 15 is 0 Å². The van der Waals surface area contributed by atoms with Crippen LogP contribution in [0.4, 0.5) is 11.4 Å². The van der Waals surface area contributed by atoms with Crippen LogP contribution in [0.1, 0.15) is 18.1 Å². The Kier molecular flexibility index (Phi) is 4.14. The van der Waals surface area contributed by atoms with E-state index in [0.717, 1.165) is 16.9 Å². The fraction of sp³-hybridized carbons (Fsp3) is 0.300. The highest BCUT2D eigenvalue weighted by atomic mass is 16.5. The van der Waals surface area contributed by atoms with E-state index < -0.39 is 12.1 Å². The Morgan fingerprint density at radius 1 is 0.963 bits per heavy atom. The van der Waals surface area contributed by atoms with E-state index in [2.05, 4.69) is 10.3 Å². The number of nitrogens with zero attached hydrogens (tertiary/aromatic N) is 4. The van der Waals surface area contributed by atoms with E-state index in [1.54, 1.807) is 0 Å². The molecule has 2 atom stereocenters. The highest BCUT2D eigenvalue weighted by Gasteiger charge is 2.55. The van der Waals surface area contributed by atoms with E-state index in [1.165, 1.54) is 9.91 Å². The quantitative estimate of drug-likeness (QED) is 0.781. The average Bonchev–Trinajstić information content (AvgIpc) is 3.16. The smallest absolute Gasteiger partial charge is 0.263 e. The number of benzene rings is 2. The number of aryl methyl sites for hydroxylation is 2. The van der Waals surface area contributed by atoms with Gasteiger partial charge >= 0.3 is 0 Å². The van der Waals surface area contributed by atoms with E-state index in [9.17, 15) is 9.59 Å². The van der Waals surface area contributed by atoms with Crippen molar-refractivity contribution in [3.8, 4) is 5.75 Å². The molecular weight excluding hydrogens is 344 g/mol. The number of carbonyl (C=O) groups excluding carboxylic acids is 2. The summed E-state index contributed by atoms with van der Waals surface area (Å²) in [5.74, 6) is 0.0840. The van der Waals surface area contributed by atoms with E-state index in [0.29, 0.717) is 18.0 Å². The van der Waals surface area contributed by atoms with Gasteiger partial charge in [0.2, 0.25) is 0 Å². The second-order valence-corrected chi connectivity index (χ2v) is 6.72. The van der Waals surface area contributed by atoms with Crippen molar-refractivity contribution in [3.05, 3.63) is 53.6 Å². The largest absolute Gasteiger partial charge is 0.494 e. The molecule has 0 spiro atoms. The highest BCUT2D eigenvalue weighted by molar-refractivity contribution is 6.26. The van der Waals surface area contributed by atoms with Crippen molar-refractivity contribution in [3.63, 3.8) is 0 Å². The van der Waals surface area contributed by atoms with Gasteiger partial charge in [0, 0.05) is 0 Å². The Hall–Kier alpha value is -3.22. The fourth-order valence-electron chi connectivity index (χ4n) is 3.57. The second-order valence-electron chi connectivity index (χ2n) is 6.72. The van der Waals surface area contributed by atoms with Crippen LogP contribution in [0.25, 0.3) is 0 Å². The van der Waals surface area contributed by atoms with Crippen LogP contribution >= 0.6 is 0 Å². The number of amides is 2. The first-order valence-electron chi connectivity index (χ1n) is 8.88. The summed E-state index contributed by atoms with van der Waals surface area (Å²) in [7, 11) is 0. The third-order valence-corrected chi connectivity index (χ3v) is 4.66. The fourth-order valence-corrected chi connectivity index (χ4v) is 3.57. The van der Waals surface area contributed by atoms with Crippen molar-refractivity contribution < 1.29 is 14.3 Å². The van der Waals surface area contributed by atoms with Crippen LogP contribution in [0, 0.1) is 13.8 Å². The molecule has 0 N–H and O–H groups in total. The SMILES string of the molecule is CCOc1ccc(N2N=NC3C(=O)N(c4cc(C)cc(C)c4)C(=O)C32)cc1. The molecule has 7 heteroatoms. The number of hydrogen-bond acceptors (Lipinski definition) is 6. The van der Waals surface area contributed by atoms with Crippen LogP contribution in [0.15, 0.2) is 52.8 Å². The molecule has 2 aromatic carbocycles. The van der Waals surface area contributed by atoms with Gasteiger partial charge in [0.1, 0.15) is 5.75 Å². The standard InChI is InChI=1S/C20H20N4O3/c1-4-27-16-7-5-14(6-8-16)24-18-17(21-22-24)19(25)23(20(18)26)15-10-12(2)9-13(3)11-15/h5-11,17-18H,4H2,1-3H3. The zero-order chi connectivity index (χ0) is 19.1. The summed E-state index contributed by atoms with van der Waals surface area (Å²) in [6.07, 6.45) is 0. The topological polar surface area (TPSA) is 74.6 Å². The maximum atomic E-state index is 13.1. The molecule has 0 radical (unpaired) electrons. The van der Waals surface area contributed by atoms with E-state index in [1.807, 2.05) is 63.2 Å². The molecule has 2 heterocycles. The summed E-state index contributed by atoms with van der Waals surface area (Å²) < 4.78 is 5.44. The van der Waals surface area contributed by atoms with Gasteiger partial charge in [0.25, 0.3) is 11.8 Å². The summed E-state index contributed by atoms with van der Waals surface area (Å²) in [6, 6.07) is 11.3. The molecule has 2 amide bonds. The summed E-state index contributed by atoms with van der Waals surface area (Å²) >= 11 is 0. The Balaban J connectivity index is 1.65. The number of rotatable bonds is 4. The van der Waals surface area contributed by atoms with Crippen LogP contribution in [-0.4, -0.2) is 30.5 Å². The number of hydrogen-bond donors (Lipinski definition) is 0. The minimum absolute atomic E-state index is 0.311. The Morgan fingerprint density at radius 2 is 1.63 bits per heavy atom. The van der Waals surface area contributed by atoms with Crippen LogP contribution in [-0.2, 0) is 9.59 Å². The molecular formula is C20H20N4O3. The van der Waals surface area contributed by atoms with Gasteiger partial charge in [0.15, 0.2) is 12.1 Å². The Bertz CT molecular complexity index is 918. The third-order valence-electron chi connectivity index (χ3n) is 4.66. The lowest BCUT2D eigenvalue weighted by atomic mass is 10.1. The van der Waals surface area contributed by atoms with Gasteiger partial charge < -0.3 is 4.74 Å². The number of fused-ring (bicyclic) bond motifs is 1. The van der Waals surface area contributed by atoms with Crippen molar-refractivity contribution in [1.82, 2.24) is 0 Å². The molecule has 0 aromatic heterocycles. The maximum absolute atomic E-state index is 13.1. The molecule has 7 nitrogen and oxygen atoms in total. The zero-order valence-electron chi connectivity index (χ0n) is 15.4. The highest BCUT2D eigenvalue weighted by Crippen LogP contribution is 2.35. The molecule has 0 aliphatic carbocycles. The number of ether oxygens (including phenoxy) is 1. The summed E-state index contributed by atoms with van der Waals surface area (Å²) in [5, 5.41) is 9.67. The van der Waals surface area contributed by atoms with E-state index in [-0.39, 0.29) is 11.8 Å². The molecule has 27 heavy (non-hydrogen) atoms. The van der Waals surface area contributed by atoms with Gasteiger partial charge in [-0.05, 0) is 68.3 Å².